The number of hydrogen-bond donors (Lipinski definition) is 7. The zero-order valence-corrected chi connectivity index (χ0v) is 19.0. The van der Waals surface area contributed by atoms with Crippen LogP contribution in [0.3, 0.4) is 0 Å². The molecule has 21 heteroatoms. The van der Waals surface area contributed by atoms with Crippen molar-refractivity contribution in [3.05, 3.63) is 33.1 Å². The number of aliphatic hydroxyl groups excluding tert-OH is 1. The maximum Gasteiger partial charge on any atom is 0.490 e. The van der Waals surface area contributed by atoms with E-state index >= 15 is 0 Å². The Morgan fingerprint density at radius 3 is 2.30 bits per heavy atom. The molecular weight excluding hydrogens is 594 g/mol. The number of H-pyrrole nitrogens is 1. The number of nitrogens with one attached hydrogen (secondary N) is 1. The largest absolute Gasteiger partial charge is 0.490 e. The highest BCUT2D eigenvalue weighted by atomic mass is 127. The van der Waals surface area contributed by atoms with Crippen LogP contribution in [0.5, 0.6) is 0 Å². The first kappa shape index (κ1) is 26.0. The highest BCUT2D eigenvalue weighted by Crippen LogP contribution is 2.67. The van der Waals surface area contributed by atoms with E-state index in [2.05, 4.69) is 13.1 Å². The SMILES string of the molecule is N[C@@H]1[C@H](O)[C@@H](C(I)OP(=O)(O)OP(=O)(O)OP(=O)(O)O)O[C@H]1n1ccc(=O)[nH]c1=O. The minimum Gasteiger partial charge on any atom is -0.388 e. The third-order valence-electron chi connectivity index (χ3n) is 3.39. The number of rotatable bonds is 8. The number of alkyl halides is 1. The van der Waals surface area contributed by atoms with Crippen LogP contribution in [0.2, 0.25) is 0 Å². The van der Waals surface area contributed by atoms with Gasteiger partial charge in [0.1, 0.15) is 16.3 Å². The van der Waals surface area contributed by atoms with E-state index in [0.29, 0.717) is 0 Å². The summed E-state index contributed by atoms with van der Waals surface area (Å²) in [5.74, 6) is 0. The molecule has 1 saturated heterocycles. The van der Waals surface area contributed by atoms with Gasteiger partial charge in [0, 0.05) is 12.3 Å². The number of halogens is 1. The third-order valence-corrected chi connectivity index (χ3v) is 8.58. The van der Waals surface area contributed by atoms with E-state index in [1.165, 1.54) is 22.6 Å². The molecular formula is C9H15IN3O14P3. The minimum atomic E-state index is -5.73. The van der Waals surface area contributed by atoms with Gasteiger partial charge in [0.2, 0.25) is 0 Å². The molecule has 1 aliphatic rings. The molecule has 1 aliphatic heterocycles. The molecule has 1 fully saturated rings. The molecule has 0 aliphatic carbocycles. The van der Waals surface area contributed by atoms with Crippen molar-refractivity contribution in [2.24, 2.45) is 5.73 Å². The fourth-order valence-electron chi connectivity index (χ4n) is 2.30. The molecule has 0 bridgehead atoms. The van der Waals surface area contributed by atoms with Gasteiger partial charge in [-0.2, -0.15) is 8.62 Å². The van der Waals surface area contributed by atoms with Gasteiger partial charge in [0.05, 0.1) is 6.04 Å². The number of aromatic nitrogens is 2. The second kappa shape index (κ2) is 9.29. The lowest BCUT2D eigenvalue weighted by molar-refractivity contribution is -0.0510. The minimum absolute atomic E-state index is 0.709. The summed E-state index contributed by atoms with van der Waals surface area (Å²) in [6, 6.07) is -0.300. The third kappa shape index (κ3) is 6.85. The van der Waals surface area contributed by atoms with Gasteiger partial charge in [-0.25, -0.2) is 18.5 Å². The average Bonchev–Trinajstić information content (AvgIpc) is 2.79. The van der Waals surface area contributed by atoms with Crippen molar-refractivity contribution in [2.45, 2.75) is 28.6 Å². The topological polar surface area (TPSA) is 270 Å². The molecule has 0 saturated carbocycles. The number of nitrogens with zero attached hydrogens (tertiary/aromatic N) is 1. The van der Waals surface area contributed by atoms with Crippen molar-refractivity contribution in [1.29, 1.82) is 0 Å². The average molecular weight is 609 g/mol. The Morgan fingerprint density at radius 2 is 1.77 bits per heavy atom. The quantitative estimate of drug-likeness (QED) is 0.0976. The molecule has 172 valence electrons. The number of ether oxygens (including phenoxy) is 1. The maximum absolute atomic E-state index is 11.9. The van der Waals surface area contributed by atoms with E-state index in [0.717, 1.165) is 16.8 Å². The number of phosphoric ester groups is 1. The van der Waals surface area contributed by atoms with E-state index in [-0.39, 0.29) is 0 Å². The summed E-state index contributed by atoms with van der Waals surface area (Å²) in [4.78, 5) is 60.6. The van der Waals surface area contributed by atoms with Crippen LogP contribution in [0.15, 0.2) is 21.9 Å². The summed E-state index contributed by atoms with van der Waals surface area (Å²) in [6.45, 7) is 0. The lowest BCUT2D eigenvalue weighted by Crippen LogP contribution is -2.43. The molecule has 0 aromatic carbocycles. The molecule has 8 N–H and O–H groups in total. The molecule has 1 aromatic rings. The monoisotopic (exact) mass is 609 g/mol. The number of aliphatic hydroxyl groups is 1. The number of hydrogen-bond acceptors (Lipinski definition) is 11. The first-order valence-corrected chi connectivity index (χ1v) is 13.1. The summed E-state index contributed by atoms with van der Waals surface area (Å²) in [7, 11) is -16.8. The van der Waals surface area contributed by atoms with E-state index in [1.54, 1.807) is 0 Å². The van der Waals surface area contributed by atoms with E-state index < -0.39 is 63.3 Å². The van der Waals surface area contributed by atoms with Crippen LogP contribution < -0.4 is 17.0 Å². The van der Waals surface area contributed by atoms with Gasteiger partial charge < -0.3 is 35.2 Å². The normalized spacial score (nSPS) is 29.8. The summed E-state index contributed by atoms with van der Waals surface area (Å²) >= 11 is 1.33. The van der Waals surface area contributed by atoms with Crippen LogP contribution in [-0.2, 0) is 31.6 Å². The Bertz CT molecular complexity index is 1040. The molecule has 17 nitrogen and oxygen atoms in total. The molecule has 0 radical (unpaired) electrons. The Morgan fingerprint density at radius 1 is 1.17 bits per heavy atom. The van der Waals surface area contributed by atoms with Crippen molar-refractivity contribution >= 4 is 46.1 Å². The van der Waals surface area contributed by atoms with E-state index in [4.69, 9.17) is 25.2 Å². The van der Waals surface area contributed by atoms with Gasteiger partial charge >= 0.3 is 29.2 Å². The van der Waals surface area contributed by atoms with Gasteiger partial charge in [-0.15, -0.1) is 0 Å². The van der Waals surface area contributed by atoms with Crippen molar-refractivity contribution in [3.8, 4) is 0 Å². The lowest BCUT2D eigenvalue weighted by Gasteiger charge is -2.23. The maximum atomic E-state index is 11.9. The molecule has 7 atom stereocenters. The predicted molar refractivity (Wildman–Crippen MR) is 102 cm³/mol. The second-order valence-electron chi connectivity index (χ2n) is 5.62. The first-order chi connectivity index (χ1) is 13.5. The standard InChI is InChI=1S/C9H15IN3O14P3/c10-7(25-29(20,21)27-30(22,23)26-28(17,18)19)6-5(15)4(11)8(24-6)13-2-1-3(14)12-9(13)16/h1-2,4-8,15H,11H2,(H,20,21)(H,22,23)(H,12,14,16)(H2,17,18,19)/t4-,5+,6+,7?,8-/m1/s1. The molecule has 0 spiro atoms. The van der Waals surface area contributed by atoms with Crippen LogP contribution >= 0.6 is 46.1 Å². The van der Waals surface area contributed by atoms with Gasteiger partial charge in [-0.3, -0.25) is 18.9 Å². The van der Waals surface area contributed by atoms with Crippen molar-refractivity contribution in [3.63, 3.8) is 0 Å². The molecule has 3 unspecified atom stereocenters. The van der Waals surface area contributed by atoms with Crippen LogP contribution in [0.25, 0.3) is 0 Å². The fraction of sp³-hybridized carbons (Fsp3) is 0.556. The zero-order chi connectivity index (χ0) is 23.1. The Balaban J connectivity index is 2.14. The zero-order valence-electron chi connectivity index (χ0n) is 14.2. The van der Waals surface area contributed by atoms with Crippen molar-refractivity contribution < 1.29 is 56.3 Å². The van der Waals surface area contributed by atoms with Gasteiger partial charge in [0.15, 0.2) is 6.23 Å². The molecule has 2 rings (SSSR count). The number of aromatic amines is 1. The van der Waals surface area contributed by atoms with E-state index in [1.807, 2.05) is 4.98 Å². The summed E-state index contributed by atoms with van der Waals surface area (Å²) < 4.78 is 50.2. The summed E-state index contributed by atoms with van der Waals surface area (Å²) in [5.41, 5.74) is 4.15. The van der Waals surface area contributed by atoms with Gasteiger partial charge in [0.25, 0.3) is 5.56 Å². The summed E-state index contributed by atoms with van der Waals surface area (Å²) in [5, 5.41) is 10.2. The van der Waals surface area contributed by atoms with Crippen LogP contribution in [0.1, 0.15) is 6.23 Å². The smallest absolute Gasteiger partial charge is 0.388 e. The highest BCUT2D eigenvalue weighted by molar-refractivity contribution is 14.1. The Hall–Kier alpha value is -0.300. The fourth-order valence-corrected chi connectivity index (χ4v) is 6.79. The van der Waals surface area contributed by atoms with Crippen molar-refractivity contribution in [2.75, 3.05) is 0 Å². The molecule has 30 heavy (non-hydrogen) atoms. The first-order valence-electron chi connectivity index (χ1n) is 7.38. The Labute approximate surface area is 179 Å². The van der Waals surface area contributed by atoms with Crippen LogP contribution in [0, 0.1) is 0 Å². The highest BCUT2D eigenvalue weighted by Gasteiger charge is 2.49. The molecule has 2 heterocycles. The van der Waals surface area contributed by atoms with E-state index in [9.17, 15) is 33.3 Å². The van der Waals surface area contributed by atoms with Crippen LogP contribution in [0.4, 0.5) is 0 Å². The molecule has 1 aromatic heterocycles. The lowest BCUT2D eigenvalue weighted by atomic mass is 10.1. The predicted octanol–water partition coefficient (Wildman–Crippen LogP) is -1.77. The summed E-state index contributed by atoms with van der Waals surface area (Å²) in [6.07, 6.45) is -3.39. The van der Waals surface area contributed by atoms with Crippen LogP contribution in [-0.4, -0.2) is 56.6 Å². The molecule has 0 amide bonds. The Kier molecular flexibility index (Phi) is 8.03. The number of phosphoric acid groups is 3. The second-order valence-corrected chi connectivity index (χ2v) is 11.2. The van der Waals surface area contributed by atoms with Gasteiger partial charge in [-0.1, -0.05) is 0 Å². The van der Waals surface area contributed by atoms with Gasteiger partial charge in [-0.05, 0) is 22.6 Å². The number of nitrogens with two attached hydrogens (primary N) is 1. The van der Waals surface area contributed by atoms with Crippen molar-refractivity contribution in [1.82, 2.24) is 9.55 Å².